The molecule has 15 heavy (non-hydrogen) atoms. The summed E-state index contributed by atoms with van der Waals surface area (Å²) in [5, 5.41) is 0. The smallest absolute Gasteiger partial charge is 0.0288 e. The fourth-order valence-electron chi connectivity index (χ4n) is 2.24. The molecule has 86 valence electrons. The van der Waals surface area contributed by atoms with Crippen LogP contribution in [-0.4, -0.2) is 0 Å². The molecule has 1 aliphatic carbocycles. The van der Waals surface area contributed by atoms with Crippen molar-refractivity contribution in [1.82, 2.24) is 0 Å². The Balaban J connectivity index is 2.66. The molecule has 1 atom stereocenters. The summed E-state index contributed by atoms with van der Waals surface area (Å²) >= 11 is 0. The zero-order valence-electron chi connectivity index (χ0n) is 10.8. The van der Waals surface area contributed by atoms with Gasteiger partial charge >= 0.3 is 0 Å². The molecule has 0 amide bonds. The number of hydrogen-bond donors (Lipinski definition) is 0. The lowest BCUT2D eigenvalue weighted by Crippen LogP contribution is -2.08. The van der Waals surface area contributed by atoms with Crippen molar-refractivity contribution in [1.29, 1.82) is 0 Å². The van der Waals surface area contributed by atoms with E-state index in [0.29, 0.717) is 0 Å². The molecule has 0 aromatic carbocycles. The molecule has 0 aromatic rings. The van der Waals surface area contributed by atoms with Gasteiger partial charge in [0, 0.05) is 0 Å². The van der Waals surface area contributed by atoms with Gasteiger partial charge in [-0.25, -0.2) is 0 Å². The Bertz CT molecular complexity index is 243. The molecule has 1 aliphatic rings. The lowest BCUT2D eigenvalue weighted by Gasteiger charge is -2.20. The lowest BCUT2D eigenvalue weighted by molar-refractivity contribution is 0.361. The SMILES string of the molecule is C/C1=C\CC(C(C)C)CC/C(C)=C/CC1. The summed E-state index contributed by atoms with van der Waals surface area (Å²) in [4.78, 5) is 0. The molecule has 1 unspecified atom stereocenters. The van der Waals surface area contributed by atoms with Gasteiger partial charge in [-0.05, 0) is 57.8 Å². The van der Waals surface area contributed by atoms with Crippen molar-refractivity contribution in [3.05, 3.63) is 23.3 Å². The minimum absolute atomic E-state index is 0.821. The predicted octanol–water partition coefficient (Wildman–Crippen LogP) is 5.12. The maximum Gasteiger partial charge on any atom is -0.0288 e. The van der Waals surface area contributed by atoms with Crippen molar-refractivity contribution in [2.24, 2.45) is 11.8 Å². The Morgan fingerprint density at radius 3 is 2.40 bits per heavy atom. The van der Waals surface area contributed by atoms with Crippen molar-refractivity contribution in [2.45, 2.75) is 59.8 Å². The highest BCUT2D eigenvalue weighted by Gasteiger charge is 2.12. The summed E-state index contributed by atoms with van der Waals surface area (Å²) in [6, 6.07) is 0. The van der Waals surface area contributed by atoms with E-state index in [2.05, 4.69) is 39.8 Å². The van der Waals surface area contributed by atoms with Gasteiger partial charge in [-0.2, -0.15) is 0 Å². The third-order valence-electron chi connectivity index (χ3n) is 3.65. The van der Waals surface area contributed by atoms with E-state index in [1.165, 1.54) is 32.1 Å². The molecule has 0 nitrogen and oxygen atoms in total. The number of allylic oxidation sites excluding steroid dienone is 4. The monoisotopic (exact) mass is 206 g/mol. The maximum atomic E-state index is 2.47. The Morgan fingerprint density at radius 1 is 1.07 bits per heavy atom. The summed E-state index contributed by atoms with van der Waals surface area (Å²) in [6.07, 6.45) is 11.3. The van der Waals surface area contributed by atoms with E-state index in [0.717, 1.165) is 11.8 Å². The molecule has 0 aliphatic heterocycles. The minimum Gasteiger partial charge on any atom is -0.0853 e. The summed E-state index contributed by atoms with van der Waals surface area (Å²) in [5.41, 5.74) is 3.17. The molecule has 0 aromatic heterocycles. The largest absolute Gasteiger partial charge is 0.0853 e. The summed E-state index contributed by atoms with van der Waals surface area (Å²) in [7, 11) is 0. The van der Waals surface area contributed by atoms with Gasteiger partial charge in [0.1, 0.15) is 0 Å². The first-order valence-corrected chi connectivity index (χ1v) is 6.41. The van der Waals surface area contributed by atoms with Crippen LogP contribution in [0.1, 0.15) is 59.8 Å². The molecule has 0 heteroatoms. The Morgan fingerprint density at radius 2 is 1.73 bits per heavy atom. The molecule has 0 saturated heterocycles. The van der Waals surface area contributed by atoms with Crippen molar-refractivity contribution in [3.8, 4) is 0 Å². The van der Waals surface area contributed by atoms with Gasteiger partial charge in [-0.1, -0.05) is 37.1 Å². The highest BCUT2D eigenvalue weighted by Crippen LogP contribution is 2.26. The summed E-state index contributed by atoms with van der Waals surface area (Å²) in [5.74, 6) is 1.70. The molecule has 1 rings (SSSR count). The molecule has 0 heterocycles. The standard InChI is InChI=1S/C15H26/c1-12(2)15-10-8-13(3)6-5-7-14(4)9-11-15/h6,9,12,15H,5,7-8,10-11H2,1-4H3/b13-6+,14-9+. The molecule has 0 N–H and O–H groups in total. The van der Waals surface area contributed by atoms with Crippen LogP contribution in [0.5, 0.6) is 0 Å². The maximum absolute atomic E-state index is 2.47. The first-order chi connectivity index (χ1) is 7.09. The Labute approximate surface area is 95.5 Å². The summed E-state index contributed by atoms with van der Waals surface area (Å²) in [6.45, 7) is 9.29. The van der Waals surface area contributed by atoms with Gasteiger partial charge in [0.25, 0.3) is 0 Å². The van der Waals surface area contributed by atoms with E-state index in [4.69, 9.17) is 0 Å². The minimum atomic E-state index is 0.821. The fraction of sp³-hybridized carbons (Fsp3) is 0.733. The van der Waals surface area contributed by atoms with Crippen LogP contribution in [0.25, 0.3) is 0 Å². The first-order valence-electron chi connectivity index (χ1n) is 6.41. The van der Waals surface area contributed by atoms with Crippen LogP contribution >= 0.6 is 0 Å². The van der Waals surface area contributed by atoms with Crippen molar-refractivity contribution in [2.75, 3.05) is 0 Å². The quantitative estimate of drug-likeness (QED) is 0.523. The molecular weight excluding hydrogens is 180 g/mol. The van der Waals surface area contributed by atoms with Crippen molar-refractivity contribution in [3.63, 3.8) is 0 Å². The molecule has 0 saturated carbocycles. The van der Waals surface area contributed by atoms with E-state index < -0.39 is 0 Å². The molecule has 0 radical (unpaired) electrons. The Hall–Kier alpha value is -0.520. The molecular formula is C15H26. The van der Waals surface area contributed by atoms with E-state index in [-0.39, 0.29) is 0 Å². The van der Waals surface area contributed by atoms with Crippen LogP contribution in [0.2, 0.25) is 0 Å². The van der Waals surface area contributed by atoms with Gasteiger partial charge in [0.05, 0.1) is 0 Å². The van der Waals surface area contributed by atoms with E-state index >= 15 is 0 Å². The van der Waals surface area contributed by atoms with Crippen LogP contribution < -0.4 is 0 Å². The van der Waals surface area contributed by atoms with Gasteiger partial charge in [0.15, 0.2) is 0 Å². The van der Waals surface area contributed by atoms with E-state index in [1.54, 1.807) is 11.1 Å². The normalized spacial score (nSPS) is 31.7. The zero-order chi connectivity index (χ0) is 11.3. The molecule has 0 spiro atoms. The number of rotatable bonds is 1. The topological polar surface area (TPSA) is 0 Å². The van der Waals surface area contributed by atoms with Crippen LogP contribution in [0.15, 0.2) is 23.3 Å². The van der Waals surface area contributed by atoms with E-state index in [1.807, 2.05) is 0 Å². The average Bonchev–Trinajstić information content (AvgIpc) is 2.16. The highest BCUT2D eigenvalue weighted by atomic mass is 14.2. The van der Waals surface area contributed by atoms with Crippen molar-refractivity contribution >= 4 is 0 Å². The van der Waals surface area contributed by atoms with Crippen LogP contribution in [0, 0.1) is 11.8 Å². The summed E-state index contributed by atoms with van der Waals surface area (Å²) < 4.78 is 0. The van der Waals surface area contributed by atoms with Crippen molar-refractivity contribution < 1.29 is 0 Å². The number of hydrogen-bond acceptors (Lipinski definition) is 0. The zero-order valence-corrected chi connectivity index (χ0v) is 10.8. The molecule has 0 bridgehead atoms. The second kappa shape index (κ2) is 6.15. The van der Waals surface area contributed by atoms with Gasteiger partial charge in [-0.3, -0.25) is 0 Å². The molecule has 0 fully saturated rings. The van der Waals surface area contributed by atoms with Crippen LogP contribution in [0.3, 0.4) is 0 Å². The van der Waals surface area contributed by atoms with Gasteiger partial charge < -0.3 is 0 Å². The van der Waals surface area contributed by atoms with Gasteiger partial charge in [-0.15, -0.1) is 0 Å². The third-order valence-corrected chi connectivity index (χ3v) is 3.65. The highest BCUT2D eigenvalue weighted by molar-refractivity contribution is 5.06. The van der Waals surface area contributed by atoms with Gasteiger partial charge in [0.2, 0.25) is 0 Å². The Kier molecular flexibility index (Phi) is 5.14. The first kappa shape index (κ1) is 12.5. The van der Waals surface area contributed by atoms with Crippen LogP contribution in [0.4, 0.5) is 0 Å². The lowest BCUT2D eigenvalue weighted by atomic mass is 9.85. The van der Waals surface area contributed by atoms with Crippen LogP contribution in [-0.2, 0) is 0 Å². The van der Waals surface area contributed by atoms with E-state index in [9.17, 15) is 0 Å². The predicted molar refractivity (Wildman–Crippen MR) is 68.9 cm³/mol. The average molecular weight is 206 g/mol. The second-order valence-electron chi connectivity index (χ2n) is 5.42. The third kappa shape index (κ3) is 4.68. The second-order valence-corrected chi connectivity index (χ2v) is 5.42. The fourth-order valence-corrected chi connectivity index (χ4v) is 2.24.